The van der Waals surface area contributed by atoms with Gasteiger partial charge in [-0.15, -0.1) is 0 Å². The molecular weight excluding hydrogens is 196 g/mol. The Hall–Kier alpha value is -1.75. The Balaban J connectivity index is 2.31. The van der Waals surface area contributed by atoms with E-state index < -0.39 is 0 Å². The van der Waals surface area contributed by atoms with Gasteiger partial charge in [-0.25, -0.2) is 0 Å². The summed E-state index contributed by atoms with van der Waals surface area (Å²) < 4.78 is 0. The van der Waals surface area contributed by atoms with Gasteiger partial charge in [0, 0.05) is 17.1 Å². The molecule has 2 aromatic rings. The van der Waals surface area contributed by atoms with Crippen molar-refractivity contribution >= 4 is 10.9 Å². The molecule has 0 amide bonds. The van der Waals surface area contributed by atoms with Crippen molar-refractivity contribution in [2.45, 2.75) is 20.3 Å². The van der Waals surface area contributed by atoms with E-state index in [1.165, 1.54) is 10.9 Å². The Labute approximate surface area is 95.9 Å². The molecule has 1 aromatic heterocycles. The number of nitrogens with one attached hydrogen (secondary N) is 1. The quantitative estimate of drug-likeness (QED) is 0.830. The van der Waals surface area contributed by atoms with Crippen molar-refractivity contribution in [3.05, 3.63) is 36.0 Å². The highest BCUT2D eigenvalue weighted by atomic mass is 14.7. The van der Waals surface area contributed by atoms with E-state index in [9.17, 15) is 0 Å². The van der Waals surface area contributed by atoms with Crippen molar-refractivity contribution in [2.24, 2.45) is 11.8 Å². The number of aromatic amines is 1. The molecule has 2 rings (SSSR count). The van der Waals surface area contributed by atoms with Crippen LogP contribution in [0.25, 0.3) is 10.9 Å². The zero-order valence-corrected chi connectivity index (χ0v) is 9.70. The molecule has 0 bridgehead atoms. The van der Waals surface area contributed by atoms with Gasteiger partial charge in [0.2, 0.25) is 0 Å². The van der Waals surface area contributed by atoms with Crippen LogP contribution in [-0.4, -0.2) is 4.98 Å². The topological polar surface area (TPSA) is 39.6 Å². The molecule has 2 heteroatoms. The van der Waals surface area contributed by atoms with Crippen LogP contribution in [0.1, 0.15) is 19.4 Å². The fourth-order valence-electron chi connectivity index (χ4n) is 1.97. The molecular formula is C14H16N2. The van der Waals surface area contributed by atoms with Gasteiger partial charge in [0.1, 0.15) is 0 Å². The number of benzene rings is 1. The van der Waals surface area contributed by atoms with Crippen LogP contribution in [0.15, 0.2) is 30.5 Å². The number of para-hydroxylation sites is 1. The van der Waals surface area contributed by atoms with Gasteiger partial charge in [0.25, 0.3) is 0 Å². The second kappa shape index (κ2) is 4.40. The van der Waals surface area contributed by atoms with Crippen LogP contribution in [0.4, 0.5) is 0 Å². The molecule has 1 N–H and O–H groups in total. The Kier molecular flexibility index (Phi) is 2.96. The Morgan fingerprint density at radius 3 is 2.75 bits per heavy atom. The lowest BCUT2D eigenvalue weighted by molar-refractivity contribution is 0.475. The smallest absolute Gasteiger partial charge is 0.0661 e. The highest BCUT2D eigenvalue weighted by Crippen LogP contribution is 2.23. The summed E-state index contributed by atoms with van der Waals surface area (Å²) in [5.41, 5.74) is 2.40. The van der Waals surface area contributed by atoms with Gasteiger partial charge in [-0.2, -0.15) is 5.26 Å². The molecule has 0 aliphatic carbocycles. The van der Waals surface area contributed by atoms with Gasteiger partial charge in [0.15, 0.2) is 0 Å². The Morgan fingerprint density at radius 2 is 2.06 bits per heavy atom. The lowest BCUT2D eigenvalue weighted by Crippen LogP contribution is -2.09. The van der Waals surface area contributed by atoms with Crippen LogP contribution in [0.2, 0.25) is 0 Å². The van der Waals surface area contributed by atoms with E-state index in [1.807, 2.05) is 18.3 Å². The average Bonchev–Trinajstić information content (AvgIpc) is 2.69. The maximum Gasteiger partial charge on any atom is 0.0661 e. The summed E-state index contributed by atoms with van der Waals surface area (Å²) in [6.07, 6.45) is 2.86. The number of H-pyrrole nitrogens is 1. The maximum atomic E-state index is 9.11. The normalized spacial score (nSPS) is 12.9. The van der Waals surface area contributed by atoms with Crippen molar-refractivity contribution in [2.75, 3.05) is 0 Å². The number of rotatable bonds is 3. The van der Waals surface area contributed by atoms with Gasteiger partial charge in [0.05, 0.1) is 12.0 Å². The minimum atomic E-state index is 0.0965. The number of hydrogen-bond donors (Lipinski definition) is 1. The summed E-state index contributed by atoms with van der Waals surface area (Å²) in [5, 5.41) is 10.3. The van der Waals surface area contributed by atoms with Gasteiger partial charge >= 0.3 is 0 Å². The molecule has 0 aliphatic heterocycles. The van der Waals surface area contributed by atoms with Gasteiger partial charge in [-0.05, 0) is 24.0 Å². The molecule has 0 fully saturated rings. The summed E-state index contributed by atoms with van der Waals surface area (Å²) in [6.45, 7) is 4.20. The molecule has 0 aliphatic rings. The molecule has 2 nitrogen and oxygen atoms in total. The van der Waals surface area contributed by atoms with Crippen molar-refractivity contribution in [1.29, 1.82) is 5.26 Å². The van der Waals surface area contributed by atoms with E-state index in [1.54, 1.807) is 0 Å². The maximum absolute atomic E-state index is 9.11. The number of hydrogen-bond acceptors (Lipinski definition) is 1. The third kappa shape index (κ3) is 1.94. The zero-order chi connectivity index (χ0) is 11.5. The van der Waals surface area contributed by atoms with E-state index >= 15 is 0 Å². The molecule has 82 valence electrons. The second-order valence-corrected chi connectivity index (χ2v) is 4.54. The third-order valence-corrected chi connectivity index (χ3v) is 3.09. The van der Waals surface area contributed by atoms with Crippen LogP contribution in [0.3, 0.4) is 0 Å². The monoisotopic (exact) mass is 212 g/mol. The van der Waals surface area contributed by atoms with Crippen molar-refractivity contribution in [1.82, 2.24) is 4.98 Å². The van der Waals surface area contributed by atoms with Crippen molar-refractivity contribution in [3.8, 4) is 6.07 Å². The van der Waals surface area contributed by atoms with E-state index in [0.717, 1.165) is 11.9 Å². The van der Waals surface area contributed by atoms with E-state index in [0.29, 0.717) is 5.92 Å². The average molecular weight is 212 g/mol. The van der Waals surface area contributed by atoms with Gasteiger partial charge in [-0.1, -0.05) is 32.0 Å². The lowest BCUT2D eigenvalue weighted by atomic mass is 9.90. The predicted octanol–water partition coefficient (Wildman–Crippen LogP) is 3.51. The molecule has 16 heavy (non-hydrogen) atoms. The second-order valence-electron chi connectivity index (χ2n) is 4.54. The van der Waals surface area contributed by atoms with E-state index in [4.69, 9.17) is 5.26 Å². The van der Waals surface area contributed by atoms with Gasteiger partial charge in [-0.3, -0.25) is 0 Å². The Bertz CT molecular complexity index is 517. The van der Waals surface area contributed by atoms with E-state index in [2.05, 4.69) is 37.0 Å². The number of nitriles is 1. The standard InChI is InChI=1S/C14H16N2/c1-10(2)11(8-15)7-12-9-16-14-6-4-3-5-13(12)14/h3-6,9-11,16H,7H2,1-2H3. The van der Waals surface area contributed by atoms with Crippen LogP contribution >= 0.6 is 0 Å². The summed E-state index contributed by atoms with van der Waals surface area (Å²) in [7, 11) is 0. The van der Waals surface area contributed by atoms with Crippen LogP contribution < -0.4 is 0 Å². The first-order valence-corrected chi connectivity index (χ1v) is 5.67. The van der Waals surface area contributed by atoms with Crippen LogP contribution in [0, 0.1) is 23.2 Å². The first-order valence-electron chi connectivity index (χ1n) is 5.67. The lowest BCUT2D eigenvalue weighted by Gasteiger charge is -2.11. The SMILES string of the molecule is CC(C)C(C#N)Cc1c[nH]c2ccccc12. The van der Waals surface area contributed by atoms with Crippen LogP contribution in [0.5, 0.6) is 0 Å². The molecule has 0 saturated heterocycles. The third-order valence-electron chi connectivity index (χ3n) is 3.09. The molecule has 0 saturated carbocycles. The predicted molar refractivity (Wildman–Crippen MR) is 65.9 cm³/mol. The summed E-state index contributed by atoms with van der Waals surface area (Å²) in [5.74, 6) is 0.498. The van der Waals surface area contributed by atoms with Crippen molar-refractivity contribution < 1.29 is 0 Å². The largest absolute Gasteiger partial charge is 0.361 e. The number of nitrogens with zero attached hydrogens (tertiary/aromatic N) is 1. The number of fused-ring (bicyclic) bond motifs is 1. The fourth-order valence-corrected chi connectivity index (χ4v) is 1.97. The minimum absolute atomic E-state index is 0.0965. The van der Waals surface area contributed by atoms with Gasteiger partial charge < -0.3 is 4.98 Å². The molecule has 1 aromatic carbocycles. The molecule has 1 atom stereocenters. The first kappa shape index (κ1) is 10.8. The van der Waals surface area contributed by atoms with Crippen LogP contribution in [-0.2, 0) is 6.42 Å². The Morgan fingerprint density at radius 1 is 1.31 bits per heavy atom. The highest BCUT2D eigenvalue weighted by molar-refractivity contribution is 5.83. The highest BCUT2D eigenvalue weighted by Gasteiger charge is 2.15. The molecule has 1 heterocycles. The summed E-state index contributed by atoms with van der Waals surface area (Å²) >= 11 is 0. The molecule has 1 unspecified atom stereocenters. The number of aromatic nitrogens is 1. The fraction of sp³-hybridized carbons (Fsp3) is 0.357. The van der Waals surface area contributed by atoms with E-state index in [-0.39, 0.29) is 5.92 Å². The summed E-state index contributed by atoms with van der Waals surface area (Å²) in [4.78, 5) is 3.25. The molecule has 0 radical (unpaired) electrons. The minimum Gasteiger partial charge on any atom is -0.361 e. The molecule has 0 spiro atoms. The first-order chi connectivity index (χ1) is 7.72. The zero-order valence-electron chi connectivity index (χ0n) is 9.70. The van der Waals surface area contributed by atoms with Crippen molar-refractivity contribution in [3.63, 3.8) is 0 Å². The summed E-state index contributed by atoms with van der Waals surface area (Å²) in [6, 6.07) is 10.6.